The molecule has 1 rings (SSSR count). The van der Waals surface area contributed by atoms with Crippen molar-refractivity contribution in [1.82, 2.24) is 10.6 Å². The molecule has 1 aliphatic rings. The minimum atomic E-state index is -0.961. The van der Waals surface area contributed by atoms with E-state index in [-0.39, 0.29) is 12.1 Å². The molecule has 0 aromatic rings. The van der Waals surface area contributed by atoms with Crippen molar-refractivity contribution < 1.29 is 14.7 Å². The molecule has 6 heteroatoms. The number of carbonyl (C=O) groups excluding carboxylic acids is 1. The molecule has 0 spiro atoms. The number of carboxylic acid groups (broad SMARTS) is 1. The summed E-state index contributed by atoms with van der Waals surface area (Å²) in [5, 5.41) is 15.1. The number of amides is 2. The molecular formula is C13H24N2O3S. The molecule has 19 heavy (non-hydrogen) atoms. The van der Waals surface area contributed by atoms with Crippen LogP contribution < -0.4 is 10.6 Å². The highest BCUT2D eigenvalue weighted by Crippen LogP contribution is 2.27. The summed E-state index contributed by atoms with van der Waals surface area (Å²) in [4.78, 5) is 22.8. The van der Waals surface area contributed by atoms with Crippen LogP contribution in [-0.2, 0) is 4.79 Å². The highest BCUT2D eigenvalue weighted by Gasteiger charge is 2.26. The van der Waals surface area contributed by atoms with E-state index in [1.165, 1.54) is 0 Å². The van der Waals surface area contributed by atoms with Crippen molar-refractivity contribution in [2.24, 2.45) is 0 Å². The molecule has 3 unspecified atom stereocenters. The zero-order valence-electron chi connectivity index (χ0n) is 11.6. The van der Waals surface area contributed by atoms with Gasteiger partial charge in [-0.05, 0) is 31.9 Å². The summed E-state index contributed by atoms with van der Waals surface area (Å²) in [7, 11) is 0. The van der Waals surface area contributed by atoms with E-state index in [4.69, 9.17) is 5.11 Å². The van der Waals surface area contributed by atoms with Crippen molar-refractivity contribution in [1.29, 1.82) is 0 Å². The van der Waals surface area contributed by atoms with Crippen LogP contribution in [0.2, 0.25) is 0 Å². The van der Waals surface area contributed by atoms with Crippen LogP contribution in [0.3, 0.4) is 0 Å². The van der Waals surface area contributed by atoms with E-state index in [1.807, 2.05) is 18.7 Å². The zero-order chi connectivity index (χ0) is 14.3. The Kier molecular flexibility index (Phi) is 7.05. The van der Waals surface area contributed by atoms with Crippen molar-refractivity contribution >= 4 is 23.8 Å². The van der Waals surface area contributed by atoms with Crippen LogP contribution in [0.15, 0.2) is 0 Å². The van der Waals surface area contributed by atoms with Crippen LogP contribution in [0.1, 0.15) is 45.4 Å². The SMILES string of the molecule is CCCCC(NC(=O)NC1CCC(SC)C1)C(=O)O. The number of nitrogens with one attached hydrogen (secondary N) is 2. The standard InChI is InChI=1S/C13H24N2O3S/c1-3-4-5-11(12(16)17)15-13(18)14-9-6-7-10(8-9)19-2/h9-11H,3-8H2,1-2H3,(H,16,17)(H2,14,15,18). The van der Waals surface area contributed by atoms with Gasteiger partial charge in [0.15, 0.2) is 0 Å². The minimum absolute atomic E-state index is 0.179. The summed E-state index contributed by atoms with van der Waals surface area (Å²) >= 11 is 1.83. The Morgan fingerprint density at radius 2 is 2.16 bits per heavy atom. The van der Waals surface area contributed by atoms with Crippen LogP contribution >= 0.6 is 11.8 Å². The molecule has 0 heterocycles. The lowest BCUT2D eigenvalue weighted by Gasteiger charge is -2.17. The second kappa shape index (κ2) is 8.30. The normalized spacial score (nSPS) is 23.9. The zero-order valence-corrected chi connectivity index (χ0v) is 12.5. The quantitative estimate of drug-likeness (QED) is 0.671. The molecule has 2 amide bonds. The number of urea groups is 1. The lowest BCUT2D eigenvalue weighted by molar-refractivity contribution is -0.139. The van der Waals surface area contributed by atoms with E-state index < -0.39 is 12.0 Å². The molecule has 0 aromatic carbocycles. The first-order valence-corrected chi connectivity index (χ1v) is 8.18. The minimum Gasteiger partial charge on any atom is -0.480 e. The van der Waals surface area contributed by atoms with Crippen molar-refractivity contribution in [3.05, 3.63) is 0 Å². The molecule has 3 N–H and O–H groups in total. The number of aliphatic carboxylic acids is 1. The van der Waals surface area contributed by atoms with E-state index in [1.54, 1.807) is 0 Å². The average Bonchev–Trinajstić information content (AvgIpc) is 2.81. The number of unbranched alkanes of at least 4 members (excludes halogenated alkanes) is 1. The van der Waals surface area contributed by atoms with Gasteiger partial charge in [0, 0.05) is 11.3 Å². The summed E-state index contributed by atoms with van der Waals surface area (Å²) in [6, 6.07) is -0.953. The van der Waals surface area contributed by atoms with Crippen LogP contribution in [0, 0.1) is 0 Å². The molecule has 1 aliphatic carbocycles. The lowest BCUT2D eigenvalue weighted by Crippen LogP contribution is -2.48. The summed E-state index contributed by atoms with van der Waals surface area (Å²) in [6.07, 6.45) is 7.35. The third kappa shape index (κ3) is 5.72. The van der Waals surface area contributed by atoms with Crippen LogP contribution in [-0.4, -0.2) is 40.7 Å². The summed E-state index contributed by atoms with van der Waals surface area (Å²) in [5.74, 6) is -0.961. The molecule has 1 fully saturated rings. The molecule has 0 aromatic heterocycles. The van der Waals surface area contributed by atoms with E-state index in [2.05, 4.69) is 16.9 Å². The average molecular weight is 288 g/mol. The Morgan fingerprint density at radius 3 is 2.68 bits per heavy atom. The summed E-state index contributed by atoms with van der Waals surface area (Å²) in [5.41, 5.74) is 0. The largest absolute Gasteiger partial charge is 0.480 e. The summed E-state index contributed by atoms with van der Waals surface area (Å²) < 4.78 is 0. The highest BCUT2D eigenvalue weighted by atomic mass is 32.2. The smallest absolute Gasteiger partial charge is 0.326 e. The van der Waals surface area contributed by atoms with E-state index >= 15 is 0 Å². The van der Waals surface area contributed by atoms with Gasteiger partial charge in [0.05, 0.1) is 0 Å². The third-order valence-corrected chi connectivity index (χ3v) is 4.60. The van der Waals surface area contributed by atoms with Gasteiger partial charge < -0.3 is 15.7 Å². The highest BCUT2D eigenvalue weighted by molar-refractivity contribution is 7.99. The first-order chi connectivity index (χ1) is 9.06. The fraction of sp³-hybridized carbons (Fsp3) is 0.846. The molecular weight excluding hydrogens is 264 g/mol. The monoisotopic (exact) mass is 288 g/mol. The van der Waals surface area contributed by atoms with Gasteiger partial charge in [0.2, 0.25) is 0 Å². The maximum Gasteiger partial charge on any atom is 0.326 e. The fourth-order valence-electron chi connectivity index (χ4n) is 2.34. The predicted molar refractivity (Wildman–Crippen MR) is 77.6 cm³/mol. The van der Waals surface area contributed by atoms with Gasteiger partial charge in [0.1, 0.15) is 6.04 Å². The Balaban J connectivity index is 2.34. The van der Waals surface area contributed by atoms with Crippen LogP contribution in [0.5, 0.6) is 0 Å². The van der Waals surface area contributed by atoms with Gasteiger partial charge in [-0.15, -0.1) is 0 Å². The van der Waals surface area contributed by atoms with Gasteiger partial charge in [-0.3, -0.25) is 0 Å². The van der Waals surface area contributed by atoms with Gasteiger partial charge in [-0.2, -0.15) is 11.8 Å². The molecule has 5 nitrogen and oxygen atoms in total. The van der Waals surface area contributed by atoms with Gasteiger partial charge in [-0.25, -0.2) is 9.59 Å². The first-order valence-electron chi connectivity index (χ1n) is 6.89. The maximum absolute atomic E-state index is 11.8. The Hall–Kier alpha value is -0.910. The molecule has 0 aliphatic heterocycles. The molecule has 0 radical (unpaired) electrons. The van der Waals surface area contributed by atoms with Crippen LogP contribution in [0.4, 0.5) is 4.79 Å². The topological polar surface area (TPSA) is 78.4 Å². The fourth-order valence-corrected chi connectivity index (χ4v) is 3.13. The number of carbonyl (C=O) groups is 2. The number of rotatable bonds is 7. The second-order valence-corrected chi connectivity index (χ2v) is 6.16. The van der Waals surface area contributed by atoms with Crippen LogP contribution in [0.25, 0.3) is 0 Å². The molecule has 110 valence electrons. The summed E-state index contributed by atoms with van der Waals surface area (Å²) in [6.45, 7) is 2.00. The molecule has 1 saturated carbocycles. The van der Waals surface area contributed by atoms with E-state index in [9.17, 15) is 9.59 Å². The first kappa shape index (κ1) is 16.1. The second-order valence-electron chi connectivity index (χ2n) is 5.02. The number of thioether (sulfide) groups is 1. The van der Waals surface area contributed by atoms with Crippen molar-refractivity contribution in [3.8, 4) is 0 Å². The van der Waals surface area contributed by atoms with Crippen molar-refractivity contribution in [2.45, 2.75) is 62.8 Å². The lowest BCUT2D eigenvalue weighted by atomic mass is 10.1. The number of hydrogen-bond acceptors (Lipinski definition) is 3. The van der Waals surface area contributed by atoms with E-state index in [0.29, 0.717) is 11.7 Å². The molecule has 0 bridgehead atoms. The predicted octanol–water partition coefficient (Wildman–Crippen LogP) is 2.21. The van der Waals surface area contributed by atoms with Gasteiger partial charge >= 0.3 is 12.0 Å². The Morgan fingerprint density at radius 1 is 1.42 bits per heavy atom. The molecule has 0 saturated heterocycles. The van der Waals surface area contributed by atoms with Gasteiger partial charge in [0.25, 0.3) is 0 Å². The van der Waals surface area contributed by atoms with Crippen molar-refractivity contribution in [2.75, 3.05) is 6.26 Å². The third-order valence-electron chi connectivity index (χ3n) is 3.50. The van der Waals surface area contributed by atoms with Gasteiger partial charge in [-0.1, -0.05) is 19.8 Å². The number of carboxylic acids is 1. The van der Waals surface area contributed by atoms with Crippen molar-refractivity contribution in [3.63, 3.8) is 0 Å². The Bertz CT molecular complexity index is 312. The number of hydrogen-bond donors (Lipinski definition) is 3. The van der Waals surface area contributed by atoms with E-state index in [0.717, 1.165) is 32.1 Å². The maximum atomic E-state index is 11.8. The Labute approximate surface area is 118 Å². The molecule has 3 atom stereocenters.